The molecule has 2 saturated heterocycles. The average molecular weight is 343 g/mol. The Labute approximate surface area is 136 Å². The van der Waals surface area contributed by atoms with Gasteiger partial charge in [-0.25, -0.2) is 0 Å². The fourth-order valence-electron chi connectivity index (χ4n) is 2.38. The fraction of sp³-hybridized carbons (Fsp3) is 0.533. The summed E-state index contributed by atoms with van der Waals surface area (Å²) in [5, 5.41) is 0. The van der Waals surface area contributed by atoms with Crippen molar-refractivity contribution in [2.75, 3.05) is 6.58 Å². The normalized spacial score (nSPS) is 31.7. The van der Waals surface area contributed by atoms with Gasteiger partial charge in [-0.1, -0.05) is 17.7 Å². The van der Waals surface area contributed by atoms with Crippen LogP contribution in [-0.2, 0) is 33.3 Å². The van der Waals surface area contributed by atoms with Crippen molar-refractivity contribution < 1.29 is 33.0 Å². The zero-order valence-electron chi connectivity index (χ0n) is 13.9. The van der Waals surface area contributed by atoms with Gasteiger partial charge in [-0.05, 0) is 32.9 Å². The van der Waals surface area contributed by atoms with Crippen LogP contribution in [0.3, 0.4) is 0 Å². The number of ketones is 1. The van der Waals surface area contributed by atoms with Crippen molar-refractivity contribution in [1.29, 1.82) is 0 Å². The molecule has 1 aromatic rings. The van der Waals surface area contributed by atoms with Crippen LogP contribution in [0.1, 0.15) is 20.8 Å². The van der Waals surface area contributed by atoms with Crippen molar-refractivity contribution in [3.05, 3.63) is 29.8 Å². The summed E-state index contributed by atoms with van der Waals surface area (Å²) in [5.74, 6) is -1.54. The number of hydrogen-bond donors (Lipinski definition) is 0. The van der Waals surface area contributed by atoms with E-state index in [0.717, 1.165) is 5.56 Å². The predicted molar refractivity (Wildman–Crippen MR) is 78.0 cm³/mol. The molecule has 0 bridgehead atoms. The molecule has 0 saturated carbocycles. The monoisotopic (exact) mass is 343 g/mol. The molecular weight excluding hydrogens is 324 g/mol. The number of fused-ring (bicyclic) bond motifs is 1. The van der Waals surface area contributed by atoms with Crippen LogP contribution in [-0.4, -0.2) is 45.1 Å². The van der Waals surface area contributed by atoms with E-state index in [2.05, 4.69) is 0 Å². The summed E-state index contributed by atoms with van der Waals surface area (Å²) in [5.41, 5.74) is 0.885. The van der Waals surface area contributed by atoms with Gasteiger partial charge in [0.25, 0.3) is 10.1 Å². The largest absolute Gasteiger partial charge is 0.336 e. The van der Waals surface area contributed by atoms with E-state index in [1.165, 1.54) is 12.1 Å². The van der Waals surface area contributed by atoms with Crippen LogP contribution < -0.4 is 0 Å². The van der Waals surface area contributed by atoms with Gasteiger partial charge in [0, 0.05) is 0 Å². The van der Waals surface area contributed by atoms with E-state index in [1.807, 2.05) is 6.92 Å². The minimum absolute atomic E-state index is 0.0929. The molecule has 2 fully saturated rings. The van der Waals surface area contributed by atoms with Crippen LogP contribution in [0.15, 0.2) is 29.2 Å². The molecule has 1 aromatic carbocycles. The highest BCUT2D eigenvalue weighted by Gasteiger charge is 2.54. The van der Waals surface area contributed by atoms with E-state index < -0.39 is 46.8 Å². The van der Waals surface area contributed by atoms with Crippen molar-refractivity contribution in [3.63, 3.8) is 0 Å². The number of benzene rings is 1. The third kappa shape index (κ3) is 3.31. The molecule has 2 aliphatic rings. The van der Waals surface area contributed by atoms with Crippen LogP contribution >= 0.6 is 0 Å². The highest BCUT2D eigenvalue weighted by Crippen LogP contribution is 2.35. The van der Waals surface area contributed by atoms with Crippen LogP contribution in [0.4, 0.5) is 0 Å². The second-order valence-electron chi connectivity index (χ2n) is 5.88. The Hall–Kier alpha value is -1.32. The summed E-state index contributed by atoms with van der Waals surface area (Å²) >= 11 is 0. The van der Waals surface area contributed by atoms with Crippen molar-refractivity contribution in [3.8, 4) is 0 Å². The molecule has 2 aliphatic heterocycles. The molecule has 7 nitrogen and oxygen atoms in total. The molecule has 0 amide bonds. The van der Waals surface area contributed by atoms with E-state index in [9.17, 15) is 13.2 Å². The predicted octanol–water partition coefficient (Wildman–Crippen LogP) is 1.15. The number of carbonyl (C=O) groups is 1. The molecule has 2 heterocycles. The maximum atomic E-state index is 12.3. The van der Waals surface area contributed by atoms with Crippen LogP contribution in [0.5, 0.6) is 0 Å². The molecule has 23 heavy (non-hydrogen) atoms. The van der Waals surface area contributed by atoms with E-state index >= 15 is 0 Å². The first kappa shape index (κ1) is 15.2. The Morgan fingerprint density at radius 2 is 1.91 bits per heavy atom. The Balaban J connectivity index is 1.71. The lowest BCUT2D eigenvalue weighted by atomic mass is 10.2. The van der Waals surface area contributed by atoms with Gasteiger partial charge in [0.2, 0.25) is 0 Å². The second kappa shape index (κ2) is 5.64. The van der Waals surface area contributed by atoms with Gasteiger partial charge in [0.15, 0.2) is 24.0 Å². The minimum atomic E-state index is -4.18. The highest BCUT2D eigenvalue weighted by molar-refractivity contribution is 7.86. The van der Waals surface area contributed by atoms with Gasteiger partial charge in [-0.2, -0.15) is 8.42 Å². The van der Waals surface area contributed by atoms with E-state index in [4.69, 9.17) is 19.8 Å². The number of ether oxygens (including phenoxy) is 3. The lowest BCUT2D eigenvalue weighted by Crippen LogP contribution is -2.33. The SMILES string of the molecule is [2H]C(OS(=O)(=O)c1ccc(C)cc1)[C@H]1O[C@@H]2OC(C)(C)O[C@H]2C1=O. The number of Topliss-reactive ketones (excluding diaryl/α,β-unsaturated/α-hetero) is 1. The van der Waals surface area contributed by atoms with E-state index in [1.54, 1.807) is 26.0 Å². The molecule has 0 radical (unpaired) electrons. The Morgan fingerprint density at radius 3 is 2.52 bits per heavy atom. The number of rotatable bonds is 4. The maximum absolute atomic E-state index is 12.3. The standard InChI is InChI=1S/C15H18O7S/c1-9-4-6-10(7-5-9)23(17,18)19-8-11-12(16)13-14(20-11)22-15(2,3)21-13/h4-7,11,13-14H,8H2,1-3H3/t11-,13+,14-/m1/s1/i8D/t8?,11-,13+,14-. The highest BCUT2D eigenvalue weighted by atomic mass is 32.2. The third-order valence-corrected chi connectivity index (χ3v) is 4.73. The molecule has 0 N–H and O–H groups in total. The lowest BCUT2D eigenvalue weighted by Gasteiger charge is -2.19. The summed E-state index contributed by atoms with van der Waals surface area (Å²) in [6.45, 7) is 3.33. The van der Waals surface area contributed by atoms with Gasteiger partial charge < -0.3 is 14.2 Å². The fourth-order valence-corrected chi connectivity index (χ4v) is 3.21. The summed E-state index contributed by atoms with van der Waals surface area (Å²) in [4.78, 5) is 12.2. The number of aryl methyl sites for hydroxylation is 1. The molecule has 1 unspecified atom stereocenters. The molecule has 126 valence electrons. The molecule has 0 aliphatic carbocycles. The molecule has 4 atom stereocenters. The van der Waals surface area contributed by atoms with Gasteiger partial charge in [0.05, 0.1) is 6.27 Å². The first-order valence-corrected chi connectivity index (χ1v) is 8.47. The first-order chi connectivity index (χ1) is 11.1. The van der Waals surface area contributed by atoms with Crippen molar-refractivity contribution in [1.82, 2.24) is 0 Å². The quantitative estimate of drug-likeness (QED) is 0.758. The molecule has 8 heteroatoms. The van der Waals surface area contributed by atoms with Gasteiger partial charge in [0.1, 0.15) is 12.7 Å². The van der Waals surface area contributed by atoms with Gasteiger partial charge in [-0.15, -0.1) is 0 Å². The van der Waals surface area contributed by atoms with Crippen LogP contribution in [0.25, 0.3) is 0 Å². The summed E-state index contributed by atoms with van der Waals surface area (Å²) < 4.78 is 53.2. The Bertz CT molecular complexity index is 744. The lowest BCUT2D eigenvalue weighted by molar-refractivity contribution is -0.206. The molecule has 3 rings (SSSR count). The Morgan fingerprint density at radius 1 is 1.26 bits per heavy atom. The van der Waals surface area contributed by atoms with Crippen molar-refractivity contribution in [2.24, 2.45) is 0 Å². The van der Waals surface area contributed by atoms with Crippen LogP contribution in [0, 0.1) is 6.92 Å². The van der Waals surface area contributed by atoms with Crippen molar-refractivity contribution in [2.45, 2.75) is 50.0 Å². The summed E-state index contributed by atoms with van der Waals surface area (Å²) in [6.07, 6.45) is -3.34. The molecule has 0 aromatic heterocycles. The average Bonchev–Trinajstić information content (AvgIpc) is 2.92. The van der Waals surface area contributed by atoms with E-state index in [0.29, 0.717) is 0 Å². The Kier molecular flexibility index (Phi) is 3.73. The number of carbonyl (C=O) groups excluding carboxylic acids is 1. The second-order valence-corrected chi connectivity index (χ2v) is 7.46. The minimum Gasteiger partial charge on any atom is -0.336 e. The van der Waals surface area contributed by atoms with Crippen molar-refractivity contribution >= 4 is 15.9 Å². The maximum Gasteiger partial charge on any atom is 0.297 e. The first-order valence-electron chi connectivity index (χ1n) is 7.64. The van der Waals surface area contributed by atoms with Gasteiger partial charge in [-0.3, -0.25) is 8.98 Å². The topological polar surface area (TPSA) is 88.1 Å². The van der Waals surface area contributed by atoms with E-state index in [-0.39, 0.29) is 4.90 Å². The zero-order chi connectivity index (χ0) is 17.7. The van der Waals surface area contributed by atoms with Gasteiger partial charge >= 0.3 is 0 Å². The summed E-state index contributed by atoms with van der Waals surface area (Å²) in [6, 6.07) is 5.97. The number of hydrogen-bond acceptors (Lipinski definition) is 7. The third-order valence-electron chi connectivity index (χ3n) is 3.52. The zero-order valence-corrected chi connectivity index (χ0v) is 13.7. The smallest absolute Gasteiger partial charge is 0.297 e. The van der Waals surface area contributed by atoms with Crippen LogP contribution in [0.2, 0.25) is 0 Å². The summed E-state index contributed by atoms with van der Waals surface area (Å²) in [7, 11) is -4.18. The molecular formula is C15H18O7S. The molecule has 0 spiro atoms.